The van der Waals surface area contributed by atoms with Crippen LogP contribution in [0.5, 0.6) is 0 Å². The molecule has 0 amide bonds. The van der Waals surface area contributed by atoms with Crippen molar-refractivity contribution in [1.29, 1.82) is 0 Å². The molecular weight excluding hydrogens is 212 g/mol. The lowest BCUT2D eigenvalue weighted by molar-refractivity contribution is -0.384. The topological polar surface area (TPSA) is 84.4 Å². The third-order valence-electron chi connectivity index (χ3n) is 2.92. The van der Waals surface area contributed by atoms with Crippen LogP contribution < -0.4 is 4.90 Å². The summed E-state index contributed by atoms with van der Waals surface area (Å²) in [7, 11) is 1.64. The van der Waals surface area contributed by atoms with E-state index in [0.29, 0.717) is 25.3 Å². The summed E-state index contributed by atoms with van der Waals surface area (Å²) in [6.07, 6.45) is 2.02. The van der Waals surface area contributed by atoms with Crippen LogP contribution in [-0.4, -0.2) is 38.5 Å². The fraction of sp³-hybridized carbons (Fsp3) is 0.667. The van der Waals surface area contributed by atoms with Crippen LogP contribution in [0.25, 0.3) is 0 Å². The molecule has 1 aromatic rings. The van der Waals surface area contributed by atoms with Gasteiger partial charge >= 0.3 is 5.69 Å². The van der Waals surface area contributed by atoms with Crippen molar-refractivity contribution in [2.45, 2.75) is 18.9 Å². The van der Waals surface area contributed by atoms with E-state index in [0.717, 1.165) is 0 Å². The monoisotopic (exact) mass is 226 g/mol. The second kappa shape index (κ2) is 3.44. The number of rotatable bonds is 3. The van der Waals surface area contributed by atoms with Crippen molar-refractivity contribution in [2.24, 2.45) is 7.05 Å². The van der Waals surface area contributed by atoms with E-state index in [1.54, 1.807) is 11.9 Å². The Morgan fingerprint density at radius 2 is 2.31 bits per heavy atom. The molecule has 0 unspecified atom stereocenters. The fourth-order valence-corrected chi connectivity index (χ4v) is 1.86. The number of nitro groups is 1. The van der Waals surface area contributed by atoms with E-state index in [-0.39, 0.29) is 5.69 Å². The van der Waals surface area contributed by atoms with Gasteiger partial charge in [-0.25, -0.2) is 0 Å². The number of anilines is 1. The molecule has 1 aliphatic heterocycles. The highest BCUT2D eigenvalue weighted by atomic mass is 16.6. The normalized spacial score (nSPS) is 18.3. The number of hydrogen-bond acceptors (Lipinski definition) is 5. The lowest BCUT2D eigenvalue weighted by Gasteiger charge is -2.45. The van der Waals surface area contributed by atoms with Crippen molar-refractivity contribution in [3.05, 3.63) is 16.3 Å². The molecule has 0 aliphatic carbocycles. The molecule has 1 aliphatic rings. The summed E-state index contributed by atoms with van der Waals surface area (Å²) in [5.74, 6) is 0.339. The van der Waals surface area contributed by atoms with Crippen molar-refractivity contribution in [1.82, 2.24) is 9.78 Å². The highest BCUT2D eigenvalue weighted by molar-refractivity contribution is 5.59. The number of hydrogen-bond donors (Lipinski definition) is 1. The summed E-state index contributed by atoms with van der Waals surface area (Å²) in [4.78, 5) is 12.0. The Hall–Kier alpha value is -1.63. The van der Waals surface area contributed by atoms with Crippen LogP contribution in [0.2, 0.25) is 0 Å². The van der Waals surface area contributed by atoms with E-state index in [9.17, 15) is 15.2 Å². The fourth-order valence-electron chi connectivity index (χ4n) is 1.86. The lowest BCUT2D eigenvalue weighted by Crippen LogP contribution is -2.61. The highest BCUT2D eigenvalue weighted by Gasteiger charge is 2.43. The molecule has 0 radical (unpaired) electrons. The standard InChI is InChI=1S/C9H14N4O3/c1-3-9(14)5-12(6-9)8-7(13(15)16)4-11(2)10-8/h4,14H,3,5-6H2,1-2H3. The summed E-state index contributed by atoms with van der Waals surface area (Å²) in [6, 6.07) is 0. The van der Waals surface area contributed by atoms with E-state index in [4.69, 9.17) is 0 Å². The number of aromatic nitrogens is 2. The zero-order valence-electron chi connectivity index (χ0n) is 9.25. The van der Waals surface area contributed by atoms with Gasteiger partial charge in [-0.05, 0) is 6.42 Å². The third-order valence-corrected chi connectivity index (χ3v) is 2.92. The van der Waals surface area contributed by atoms with Crippen LogP contribution in [-0.2, 0) is 7.05 Å². The third kappa shape index (κ3) is 1.63. The minimum atomic E-state index is -0.717. The van der Waals surface area contributed by atoms with Crippen LogP contribution in [0.4, 0.5) is 11.5 Å². The molecule has 16 heavy (non-hydrogen) atoms. The van der Waals surface area contributed by atoms with E-state index in [2.05, 4.69) is 5.10 Å². The first-order chi connectivity index (χ1) is 7.45. The van der Waals surface area contributed by atoms with Gasteiger partial charge in [0.1, 0.15) is 6.20 Å². The number of nitrogens with zero attached hydrogens (tertiary/aromatic N) is 4. The Bertz CT molecular complexity index is 422. The number of β-amino-alcohol motifs (C(OH)–C–C–N with tert-alkyl or cyclic N) is 1. The van der Waals surface area contributed by atoms with E-state index >= 15 is 0 Å². The number of aryl methyl sites for hydroxylation is 1. The van der Waals surface area contributed by atoms with Gasteiger partial charge in [0, 0.05) is 7.05 Å². The molecule has 0 spiro atoms. The maximum atomic E-state index is 10.8. The molecule has 2 heterocycles. The van der Waals surface area contributed by atoms with E-state index in [1.807, 2.05) is 6.92 Å². The molecule has 0 saturated carbocycles. The second-order valence-corrected chi connectivity index (χ2v) is 4.20. The predicted octanol–water partition coefficient (Wildman–Crippen LogP) is 0.289. The maximum Gasteiger partial charge on any atom is 0.330 e. The van der Waals surface area contributed by atoms with Gasteiger partial charge in [0.05, 0.1) is 23.6 Å². The minimum absolute atomic E-state index is 0.0133. The van der Waals surface area contributed by atoms with Crippen LogP contribution in [0, 0.1) is 10.1 Å². The van der Waals surface area contributed by atoms with E-state index < -0.39 is 10.5 Å². The van der Waals surface area contributed by atoms with Crippen LogP contribution in [0.1, 0.15) is 13.3 Å². The summed E-state index contributed by atoms with van der Waals surface area (Å²) in [6.45, 7) is 2.70. The average molecular weight is 226 g/mol. The SMILES string of the molecule is CCC1(O)CN(c2nn(C)cc2[N+](=O)[O-])C1. The van der Waals surface area contributed by atoms with Gasteiger partial charge in [-0.15, -0.1) is 5.10 Å². The van der Waals surface area contributed by atoms with Crippen LogP contribution >= 0.6 is 0 Å². The first-order valence-electron chi connectivity index (χ1n) is 5.10. The van der Waals surface area contributed by atoms with Gasteiger partial charge < -0.3 is 10.0 Å². The Balaban J connectivity index is 2.20. The molecule has 0 bridgehead atoms. The van der Waals surface area contributed by atoms with Crippen molar-refractivity contribution >= 4 is 11.5 Å². The van der Waals surface area contributed by atoms with Gasteiger partial charge in [-0.1, -0.05) is 6.92 Å². The van der Waals surface area contributed by atoms with Gasteiger partial charge in [0.2, 0.25) is 5.82 Å². The largest absolute Gasteiger partial charge is 0.386 e. The molecule has 1 saturated heterocycles. The zero-order chi connectivity index (χ0) is 11.9. The summed E-state index contributed by atoms with van der Waals surface area (Å²) < 4.78 is 1.41. The van der Waals surface area contributed by atoms with Gasteiger partial charge in [0.15, 0.2) is 0 Å². The molecule has 1 N–H and O–H groups in total. The molecule has 7 nitrogen and oxygen atoms in total. The first kappa shape index (κ1) is 10.9. The molecular formula is C9H14N4O3. The van der Waals surface area contributed by atoms with Crippen molar-refractivity contribution < 1.29 is 10.0 Å². The summed E-state index contributed by atoms with van der Waals surface area (Å²) >= 11 is 0. The van der Waals surface area contributed by atoms with Gasteiger partial charge in [0.25, 0.3) is 0 Å². The highest BCUT2D eigenvalue weighted by Crippen LogP contribution is 2.34. The smallest absolute Gasteiger partial charge is 0.330 e. The lowest BCUT2D eigenvalue weighted by atomic mass is 9.91. The quantitative estimate of drug-likeness (QED) is 0.591. The molecule has 7 heteroatoms. The van der Waals surface area contributed by atoms with Crippen molar-refractivity contribution in [2.75, 3.05) is 18.0 Å². The average Bonchev–Trinajstić information content (AvgIpc) is 2.55. The Morgan fingerprint density at radius 1 is 1.69 bits per heavy atom. The first-order valence-corrected chi connectivity index (χ1v) is 5.10. The van der Waals surface area contributed by atoms with Gasteiger partial charge in [-0.3, -0.25) is 14.8 Å². The maximum absolute atomic E-state index is 10.8. The summed E-state index contributed by atoms with van der Waals surface area (Å²) in [5, 5.41) is 24.7. The van der Waals surface area contributed by atoms with Crippen molar-refractivity contribution in [3.63, 3.8) is 0 Å². The molecule has 0 aromatic carbocycles. The Morgan fingerprint density at radius 3 is 2.81 bits per heavy atom. The predicted molar refractivity (Wildman–Crippen MR) is 57.3 cm³/mol. The molecule has 0 atom stereocenters. The Kier molecular flexibility index (Phi) is 2.34. The number of aliphatic hydroxyl groups is 1. The summed E-state index contributed by atoms with van der Waals surface area (Å²) in [5.41, 5.74) is -0.730. The van der Waals surface area contributed by atoms with Crippen LogP contribution in [0.15, 0.2) is 6.20 Å². The Labute approximate surface area is 92.4 Å². The van der Waals surface area contributed by atoms with Crippen LogP contribution in [0.3, 0.4) is 0 Å². The molecule has 88 valence electrons. The molecule has 1 aromatic heterocycles. The van der Waals surface area contributed by atoms with Crippen molar-refractivity contribution in [3.8, 4) is 0 Å². The zero-order valence-corrected chi connectivity index (χ0v) is 9.25. The van der Waals surface area contributed by atoms with Gasteiger partial charge in [-0.2, -0.15) is 0 Å². The van der Waals surface area contributed by atoms with E-state index in [1.165, 1.54) is 10.9 Å². The molecule has 2 rings (SSSR count). The minimum Gasteiger partial charge on any atom is -0.386 e. The molecule has 1 fully saturated rings. The second-order valence-electron chi connectivity index (χ2n) is 4.20.